The van der Waals surface area contributed by atoms with E-state index < -0.39 is 0 Å². The van der Waals surface area contributed by atoms with Gasteiger partial charge in [0.2, 0.25) is 0 Å². The second-order valence-electron chi connectivity index (χ2n) is 7.63. The molecule has 30 heavy (non-hydrogen) atoms. The Morgan fingerprint density at radius 2 is 1.83 bits per heavy atom. The third-order valence-corrected chi connectivity index (χ3v) is 6.53. The molecule has 0 spiro atoms. The Morgan fingerprint density at radius 3 is 2.50 bits per heavy atom. The number of thioether (sulfide) groups is 1. The molecule has 1 unspecified atom stereocenters. The highest BCUT2D eigenvalue weighted by Crippen LogP contribution is 2.36. The van der Waals surface area contributed by atoms with Gasteiger partial charge in [-0.05, 0) is 79.1 Å². The normalized spacial score (nSPS) is 16.1. The topological polar surface area (TPSA) is 45.6 Å². The van der Waals surface area contributed by atoms with Crippen molar-refractivity contribution < 1.29 is 9.84 Å². The van der Waals surface area contributed by atoms with E-state index >= 15 is 0 Å². The van der Waals surface area contributed by atoms with Gasteiger partial charge in [0.15, 0.2) is 11.5 Å². The van der Waals surface area contributed by atoms with Crippen molar-refractivity contribution in [3.63, 3.8) is 0 Å². The number of aromatic hydroxyl groups is 1. The fraction of sp³-hybridized carbons (Fsp3) is 0.320. The predicted molar refractivity (Wildman–Crippen MR) is 126 cm³/mol. The monoisotopic (exact) mass is 420 g/mol. The lowest BCUT2D eigenvalue weighted by molar-refractivity contribution is 0.373. The summed E-state index contributed by atoms with van der Waals surface area (Å²) in [5.74, 6) is 2.66. The first-order chi connectivity index (χ1) is 14.6. The fourth-order valence-electron chi connectivity index (χ4n) is 4.00. The van der Waals surface area contributed by atoms with Gasteiger partial charge < -0.3 is 14.7 Å². The largest absolute Gasteiger partial charge is 0.504 e. The van der Waals surface area contributed by atoms with Crippen molar-refractivity contribution in [2.24, 2.45) is 0 Å². The van der Waals surface area contributed by atoms with E-state index in [-0.39, 0.29) is 5.75 Å². The maximum atomic E-state index is 9.99. The lowest BCUT2D eigenvalue weighted by atomic mass is 10.0. The van der Waals surface area contributed by atoms with Crippen LogP contribution in [0.5, 0.6) is 11.5 Å². The van der Waals surface area contributed by atoms with Crippen LogP contribution in [0.3, 0.4) is 0 Å². The molecule has 0 radical (unpaired) electrons. The number of benzene rings is 2. The number of hydrogen-bond donors (Lipinski definition) is 1. The van der Waals surface area contributed by atoms with Crippen molar-refractivity contribution in [2.45, 2.75) is 37.6 Å². The van der Waals surface area contributed by atoms with Gasteiger partial charge in [-0.2, -0.15) is 0 Å². The molecule has 2 heterocycles. The van der Waals surface area contributed by atoms with Crippen molar-refractivity contribution >= 4 is 17.6 Å². The molecule has 4 rings (SSSR count). The minimum absolute atomic E-state index is 0.134. The number of nitrogens with zero attached hydrogens (tertiary/aromatic N) is 2. The van der Waals surface area contributed by atoms with Crippen LogP contribution >= 0.6 is 11.8 Å². The summed E-state index contributed by atoms with van der Waals surface area (Å²) in [5, 5.41) is 9.99. The number of methoxy groups -OCH3 is 1. The number of phenolic OH excluding ortho intramolecular Hbond substituents is 1. The molecular formula is C25H28N2O2S. The first-order valence-electron chi connectivity index (χ1n) is 10.5. The van der Waals surface area contributed by atoms with Crippen molar-refractivity contribution in [3.05, 3.63) is 54.6 Å². The molecule has 1 aliphatic heterocycles. The molecule has 0 amide bonds. The van der Waals surface area contributed by atoms with Gasteiger partial charge in [0.05, 0.1) is 12.8 Å². The van der Waals surface area contributed by atoms with Crippen LogP contribution in [0.1, 0.15) is 26.7 Å². The highest BCUT2D eigenvalue weighted by molar-refractivity contribution is 7.99. The van der Waals surface area contributed by atoms with Crippen LogP contribution < -0.4 is 9.64 Å². The van der Waals surface area contributed by atoms with Gasteiger partial charge in [0, 0.05) is 23.0 Å². The fourth-order valence-corrected chi connectivity index (χ4v) is 4.66. The Labute approximate surface area is 182 Å². The zero-order chi connectivity index (χ0) is 21.1. The number of aromatic nitrogens is 1. The summed E-state index contributed by atoms with van der Waals surface area (Å²) in [7, 11) is 1.57. The van der Waals surface area contributed by atoms with Gasteiger partial charge in [-0.3, -0.25) is 0 Å². The van der Waals surface area contributed by atoms with E-state index in [4.69, 9.17) is 9.72 Å². The zero-order valence-corrected chi connectivity index (χ0v) is 18.6. The molecule has 0 aliphatic carbocycles. The molecule has 1 N–H and O–H groups in total. The van der Waals surface area contributed by atoms with Crippen molar-refractivity contribution in [1.82, 2.24) is 4.98 Å². The first-order valence-corrected chi connectivity index (χ1v) is 11.5. The average Bonchev–Trinajstić information content (AvgIpc) is 3.20. The predicted octanol–water partition coefficient (Wildman–Crippen LogP) is 6.23. The van der Waals surface area contributed by atoms with Crippen LogP contribution in [0, 0.1) is 0 Å². The first kappa shape index (κ1) is 20.6. The Morgan fingerprint density at radius 1 is 1.07 bits per heavy atom. The number of ether oxygens (including phenoxy) is 1. The van der Waals surface area contributed by atoms with E-state index in [1.165, 1.54) is 23.3 Å². The quantitative estimate of drug-likeness (QED) is 0.479. The lowest BCUT2D eigenvalue weighted by Gasteiger charge is -2.24. The van der Waals surface area contributed by atoms with E-state index in [0.717, 1.165) is 34.9 Å². The van der Waals surface area contributed by atoms with Crippen molar-refractivity contribution in [3.8, 4) is 33.9 Å². The molecule has 1 atom stereocenters. The number of pyridine rings is 1. The van der Waals surface area contributed by atoms with Gasteiger partial charge in [0.1, 0.15) is 5.82 Å². The van der Waals surface area contributed by atoms with Crippen molar-refractivity contribution in [2.75, 3.05) is 24.3 Å². The maximum absolute atomic E-state index is 9.99. The van der Waals surface area contributed by atoms with Crippen LogP contribution in [-0.2, 0) is 0 Å². The SMILES string of the molecule is CCSc1ccc(-c2cc(-c3ccc(O)c(OC)c3)nc(N3CCCC3C)c2)cc1. The third-order valence-electron chi connectivity index (χ3n) is 5.63. The maximum Gasteiger partial charge on any atom is 0.161 e. The second kappa shape index (κ2) is 9.00. The lowest BCUT2D eigenvalue weighted by Crippen LogP contribution is -2.27. The molecule has 0 saturated carbocycles. The smallest absolute Gasteiger partial charge is 0.161 e. The Bertz CT molecular complexity index is 1020. The summed E-state index contributed by atoms with van der Waals surface area (Å²) >= 11 is 1.85. The highest BCUT2D eigenvalue weighted by atomic mass is 32.2. The van der Waals surface area contributed by atoms with Gasteiger partial charge >= 0.3 is 0 Å². The molecule has 1 aromatic heterocycles. The second-order valence-corrected chi connectivity index (χ2v) is 8.97. The molecular weight excluding hydrogens is 392 g/mol. The van der Waals surface area contributed by atoms with Crippen molar-refractivity contribution in [1.29, 1.82) is 0 Å². The summed E-state index contributed by atoms with van der Waals surface area (Å²) in [6.45, 7) is 5.46. The number of phenols is 1. The zero-order valence-electron chi connectivity index (χ0n) is 17.8. The Kier molecular flexibility index (Phi) is 6.18. The molecule has 0 bridgehead atoms. The molecule has 1 fully saturated rings. The van der Waals surface area contributed by atoms with E-state index in [2.05, 4.69) is 55.1 Å². The van der Waals surface area contributed by atoms with Crippen LogP contribution in [-0.4, -0.2) is 35.5 Å². The minimum atomic E-state index is 0.134. The van der Waals surface area contributed by atoms with Gasteiger partial charge in [-0.15, -0.1) is 11.8 Å². The summed E-state index contributed by atoms with van der Waals surface area (Å²) < 4.78 is 5.31. The van der Waals surface area contributed by atoms with E-state index in [1.54, 1.807) is 13.2 Å². The molecule has 2 aromatic carbocycles. The van der Waals surface area contributed by atoms with E-state index in [1.807, 2.05) is 23.9 Å². The molecule has 5 heteroatoms. The third kappa shape index (κ3) is 4.26. The summed E-state index contributed by atoms with van der Waals surface area (Å²) in [5.41, 5.74) is 4.14. The molecule has 1 aliphatic rings. The summed E-state index contributed by atoms with van der Waals surface area (Å²) in [4.78, 5) is 8.68. The molecule has 3 aromatic rings. The highest BCUT2D eigenvalue weighted by Gasteiger charge is 2.23. The minimum Gasteiger partial charge on any atom is -0.504 e. The van der Waals surface area contributed by atoms with Crippen LogP contribution in [0.25, 0.3) is 22.4 Å². The molecule has 156 valence electrons. The van der Waals surface area contributed by atoms with Crippen LogP contribution in [0.2, 0.25) is 0 Å². The molecule has 1 saturated heterocycles. The van der Waals surface area contributed by atoms with Crippen LogP contribution in [0.4, 0.5) is 5.82 Å². The summed E-state index contributed by atoms with van der Waals surface area (Å²) in [6, 6.07) is 19.0. The number of anilines is 1. The van der Waals surface area contributed by atoms with E-state index in [0.29, 0.717) is 11.8 Å². The van der Waals surface area contributed by atoms with E-state index in [9.17, 15) is 5.11 Å². The number of hydrogen-bond acceptors (Lipinski definition) is 5. The number of rotatable bonds is 6. The van der Waals surface area contributed by atoms with Gasteiger partial charge in [-0.25, -0.2) is 4.98 Å². The standard InChI is InChI=1S/C25H28N2O2S/c1-4-30-21-10-7-18(8-11-21)20-14-22(19-9-12-23(28)24(15-19)29-3)26-25(16-20)27-13-5-6-17(27)2/h7-12,14-17,28H,4-6,13H2,1-3H3. The van der Waals surface area contributed by atoms with Crippen LogP contribution in [0.15, 0.2) is 59.5 Å². The Hall–Kier alpha value is -2.66. The van der Waals surface area contributed by atoms with Gasteiger partial charge in [0.25, 0.3) is 0 Å². The molecule has 4 nitrogen and oxygen atoms in total. The summed E-state index contributed by atoms with van der Waals surface area (Å²) in [6.07, 6.45) is 2.38. The Balaban J connectivity index is 1.80. The van der Waals surface area contributed by atoms with Gasteiger partial charge in [-0.1, -0.05) is 19.1 Å². The average molecular weight is 421 g/mol.